The van der Waals surface area contributed by atoms with Crippen LogP contribution >= 0.6 is 12.2 Å². The molecule has 2 N–H and O–H groups in total. The lowest BCUT2D eigenvalue weighted by molar-refractivity contribution is -0.133. The Morgan fingerprint density at radius 2 is 2.00 bits per heavy atom. The topological polar surface area (TPSA) is 58.8 Å². The standard InChI is InChI=1S/C14H27N3O2S/c1-3-5-12(14(15)20)16-7-9-17(10-8-16)13(18)6-4-11-19-2/h12H,3-11H2,1-2H3,(H2,15,20). The normalized spacial score (nSPS) is 18.0. The maximum atomic E-state index is 12.0. The van der Waals surface area contributed by atoms with Crippen molar-refractivity contribution in [3.63, 3.8) is 0 Å². The van der Waals surface area contributed by atoms with Crippen LogP contribution in [-0.4, -0.2) is 66.6 Å². The number of ether oxygens (including phenoxy) is 1. The molecule has 0 bridgehead atoms. The number of methoxy groups -OCH3 is 1. The maximum absolute atomic E-state index is 12.0. The number of nitrogens with two attached hydrogens (primary N) is 1. The second-order valence-electron chi connectivity index (χ2n) is 5.22. The van der Waals surface area contributed by atoms with Gasteiger partial charge in [0.1, 0.15) is 0 Å². The van der Waals surface area contributed by atoms with E-state index in [2.05, 4.69) is 11.8 Å². The van der Waals surface area contributed by atoms with Crippen LogP contribution in [0, 0.1) is 0 Å². The van der Waals surface area contributed by atoms with Gasteiger partial charge in [0.2, 0.25) is 5.91 Å². The average molecular weight is 301 g/mol. The van der Waals surface area contributed by atoms with Gasteiger partial charge in [0, 0.05) is 46.3 Å². The Balaban J connectivity index is 2.38. The molecule has 1 fully saturated rings. The van der Waals surface area contributed by atoms with Gasteiger partial charge in [-0.05, 0) is 12.8 Å². The Bertz CT molecular complexity index is 318. The number of amides is 1. The van der Waals surface area contributed by atoms with Crippen LogP contribution in [0.15, 0.2) is 0 Å². The lowest BCUT2D eigenvalue weighted by Gasteiger charge is -2.39. The minimum atomic E-state index is 0.181. The highest BCUT2D eigenvalue weighted by Gasteiger charge is 2.26. The molecule has 0 aromatic heterocycles. The molecule has 0 saturated carbocycles. The third kappa shape index (κ3) is 5.34. The van der Waals surface area contributed by atoms with Crippen molar-refractivity contribution in [2.75, 3.05) is 39.9 Å². The molecule has 116 valence electrons. The third-order valence-electron chi connectivity index (χ3n) is 3.74. The largest absolute Gasteiger partial charge is 0.392 e. The molecule has 1 aliphatic rings. The SMILES string of the molecule is CCCC(C(N)=S)N1CCN(C(=O)CCCOC)CC1. The molecule has 1 saturated heterocycles. The molecular formula is C14H27N3O2S. The predicted octanol–water partition coefficient (Wildman–Crippen LogP) is 1.01. The van der Waals surface area contributed by atoms with E-state index in [0.717, 1.165) is 45.4 Å². The summed E-state index contributed by atoms with van der Waals surface area (Å²) in [5.41, 5.74) is 5.82. The van der Waals surface area contributed by atoms with Crippen LogP contribution in [0.3, 0.4) is 0 Å². The summed E-state index contributed by atoms with van der Waals surface area (Å²) in [4.78, 5) is 16.8. The molecule has 0 aliphatic carbocycles. The van der Waals surface area contributed by atoms with E-state index in [1.165, 1.54) is 0 Å². The van der Waals surface area contributed by atoms with E-state index in [-0.39, 0.29) is 11.9 Å². The van der Waals surface area contributed by atoms with E-state index < -0.39 is 0 Å². The molecule has 5 nitrogen and oxygen atoms in total. The smallest absolute Gasteiger partial charge is 0.222 e. The summed E-state index contributed by atoms with van der Waals surface area (Å²) in [5.74, 6) is 0.226. The van der Waals surface area contributed by atoms with E-state index in [9.17, 15) is 4.79 Å². The van der Waals surface area contributed by atoms with Gasteiger partial charge < -0.3 is 15.4 Å². The first-order valence-corrected chi connectivity index (χ1v) is 7.81. The van der Waals surface area contributed by atoms with Gasteiger partial charge in [-0.2, -0.15) is 0 Å². The van der Waals surface area contributed by atoms with Crippen LogP contribution in [0.1, 0.15) is 32.6 Å². The second kappa shape index (κ2) is 9.26. The molecule has 20 heavy (non-hydrogen) atoms. The highest BCUT2D eigenvalue weighted by molar-refractivity contribution is 7.80. The van der Waals surface area contributed by atoms with Crippen LogP contribution in [0.5, 0.6) is 0 Å². The highest BCUT2D eigenvalue weighted by Crippen LogP contribution is 2.12. The summed E-state index contributed by atoms with van der Waals surface area (Å²) >= 11 is 5.16. The number of carbonyl (C=O) groups excluding carboxylic acids is 1. The van der Waals surface area contributed by atoms with E-state index in [4.69, 9.17) is 22.7 Å². The summed E-state index contributed by atoms with van der Waals surface area (Å²) in [6.07, 6.45) is 3.43. The molecule has 1 amide bonds. The first-order chi connectivity index (χ1) is 9.60. The lowest BCUT2D eigenvalue weighted by atomic mass is 10.1. The number of nitrogens with zero attached hydrogens (tertiary/aromatic N) is 2. The molecule has 0 radical (unpaired) electrons. The van der Waals surface area contributed by atoms with Crippen LogP contribution in [0.2, 0.25) is 0 Å². The summed E-state index contributed by atoms with van der Waals surface area (Å²) in [7, 11) is 1.66. The van der Waals surface area contributed by atoms with Gasteiger partial charge >= 0.3 is 0 Å². The first kappa shape index (κ1) is 17.3. The molecule has 0 aromatic carbocycles. The summed E-state index contributed by atoms with van der Waals surface area (Å²) < 4.78 is 4.97. The van der Waals surface area contributed by atoms with Gasteiger partial charge in [-0.1, -0.05) is 25.6 Å². The molecule has 1 heterocycles. The second-order valence-corrected chi connectivity index (χ2v) is 5.69. The number of hydrogen-bond donors (Lipinski definition) is 1. The number of carbonyl (C=O) groups is 1. The van der Waals surface area contributed by atoms with E-state index in [1.807, 2.05) is 4.90 Å². The zero-order chi connectivity index (χ0) is 15.0. The first-order valence-electron chi connectivity index (χ1n) is 7.40. The minimum absolute atomic E-state index is 0.181. The maximum Gasteiger partial charge on any atom is 0.222 e. The van der Waals surface area contributed by atoms with Crippen LogP contribution in [-0.2, 0) is 9.53 Å². The van der Waals surface area contributed by atoms with E-state index in [0.29, 0.717) is 18.0 Å². The molecule has 0 spiro atoms. The lowest BCUT2D eigenvalue weighted by Crippen LogP contribution is -2.54. The van der Waals surface area contributed by atoms with Crippen LogP contribution in [0.25, 0.3) is 0 Å². The molecular weight excluding hydrogens is 274 g/mol. The zero-order valence-corrected chi connectivity index (χ0v) is 13.5. The fraction of sp³-hybridized carbons (Fsp3) is 0.857. The van der Waals surface area contributed by atoms with Crippen molar-refractivity contribution >= 4 is 23.1 Å². The Morgan fingerprint density at radius 1 is 1.35 bits per heavy atom. The molecule has 1 rings (SSSR count). The minimum Gasteiger partial charge on any atom is -0.392 e. The fourth-order valence-corrected chi connectivity index (χ4v) is 2.85. The van der Waals surface area contributed by atoms with Crippen molar-refractivity contribution in [1.82, 2.24) is 9.80 Å². The van der Waals surface area contributed by atoms with Crippen LogP contribution < -0.4 is 5.73 Å². The molecule has 0 aromatic rings. The van der Waals surface area contributed by atoms with Crippen molar-refractivity contribution < 1.29 is 9.53 Å². The Kier molecular flexibility index (Phi) is 8.02. The Hall–Kier alpha value is -0.720. The number of thiocarbonyl (C=S) groups is 1. The van der Waals surface area contributed by atoms with E-state index in [1.54, 1.807) is 7.11 Å². The fourth-order valence-electron chi connectivity index (χ4n) is 2.59. The molecule has 1 atom stereocenters. The monoisotopic (exact) mass is 301 g/mol. The quantitative estimate of drug-likeness (QED) is 0.536. The van der Waals surface area contributed by atoms with Crippen LogP contribution in [0.4, 0.5) is 0 Å². The number of piperazine rings is 1. The van der Waals surface area contributed by atoms with E-state index >= 15 is 0 Å². The van der Waals surface area contributed by atoms with Crippen molar-refractivity contribution in [3.8, 4) is 0 Å². The van der Waals surface area contributed by atoms with Gasteiger partial charge in [-0.15, -0.1) is 0 Å². The predicted molar refractivity (Wildman–Crippen MR) is 84.7 cm³/mol. The van der Waals surface area contributed by atoms with Gasteiger partial charge in [-0.25, -0.2) is 0 Å². The van der Waals surface area contributed by atoms with Crippen molar-refractivity contribution in [2.45, 2.75) is 38.6 Å². The third-order valence-corrected chi connectivity index (χ3v) is 4.01. The summed E-state index contributed by atoms with van der Waals surface area (Å²) in [6, 6.07) is 0.181. The van der Waals surface area contributed by atoms with Crippen molar-refractivity contribution in [1.29, 1.82) is 0 Å². The van der Waals surface area contributed by atoms with Gasteiger partial charge in [-0.3, -0.25) is 9.69 Å². The summed E-state index contributed by atoms with van der Waals surface area (Å²) in [6.45, 7) is 6.05. The average Bonchev–Trinajstić information content (AvgIpc) is 2.45. The number of rotatable bonds is 8. The Labute approximate surface area is 127 Å². The van der Waals surface area contributed by atoms with Gasteiger partial charge in [0.15, 0.2) is 0 Å². The van der Waals surface area contributed by atoms with Crippen molar-refractivity contribution in [3.05, 3.63) is 0 Å². The highest BCUT2D eigenvalue weighted by atomic mass is 32.1. The molecule has 1 unspecified atom stereocenters. The summed E-state index contributed by atoms with van der Waals surface area (Å²) in [5, 5.41) is 0. The number of hydrogen-bond acceptors (Lipinski definition) is 4. The molecule has 6 heteroatoms. The zero-order valence-electron chi connectivity index (χ0n) is 12.6. The van der Waals surface area contributed by atoms with Gasteiger partial charge in [0.25, 0.3) is 0 Å². The Morgan fingerprint density at radius 3 is 2.50 bits per heavy atom. The molecule has 1 aliphatic heterocycles. The van der Waals surface area contributed by atoms with Crippen molar-refractivity contribution in [2.24, 2.45) is 5.73 Å². The van der Waals surface area contributed by atoms with Gasteiger partial charge in [0.05, 0.1) is 11.0 Å².